The fourth-order valence-corrected chi connectivity index (χ4v) is 1.36. The molecule has 1 fully saturated rings. The molecule has 0 aromatic heterocycles. The average Bonchev–Trinajstić information content (AvgIpc) is 2.03. The maximum absolute atomic E-state index is 8.34. The van der Waals surface area contributed by atoms with Crippen LogP contribution in [-0.2, 0) is 4.74 Å². The van der Waals surface area contributed by atoms with E-state index in [1.807, 2.05) is 0 Å². The molecule has 3 heteroatoms. The minimum atomic E-state index is 0.453. The standard InChI is InChI=1S/C8H14N2O/c1-7-6-11-5-2-8(7)10-4-3-9/h7-8,10H,2,4-6H2,1H3. The van der Waals surface area contributed by atoms with Gasteiger partial charge in [-0.15, -0.1) is 0 Å². The van der Waals surface area contributed by atoms with Crippen molar-refractivity contribution in [1.82, 2.24) is 5.32 Å². The fraction of sp³-hybridized carbons (Fsp3) is 0.875. The number of hydrogen-bond acceptors (Lipinski definition) is 3. The lowest BCUT2D eigenvalue weighted by molar-refractivity contribution is 0.0402. The minimum Gasteiger partial charge on any atom is -0.381 e. The zero-order valence-corrected chi connectivity index (χ0v) is 6.84. The van der Waals surface area contributed by atoms with Gasteiger partial charge >= 0.3 is 0 Å². The molecular weight excluding hydrogens is 140 g/mol. The van der Waals surface area contributed by atoms with Crippen molar-refractivity contribution < 1.29 is 4.74 Å². The van der Waals surface area contributed by atoms with Crippen molar-refractivity contribution in [3.05, 3.63) is 0 Å². The number of nitrogens with zero attached hydrogens (tertiary/aromatic N) is 1. The van der Waals surface area contributed by atoms with Gasteiger partial charge in [-0.2, -0.15) is 5.26 Å². The lowest BCUT2D eigenvalue weighted by atomic mass is 9.98. The summed E-state index contributed by atoms with van der Waals surface area (Å²) in [6.07, 6.45) is 1.03. The third-order valence-corrected chi connectivity index (χ3v) is 2.08. The summed E-state index contributed by atoms with van der Waals surface area (Å²) in [6.45, 7) is 4.25. The molecule has 0 aromatic rings. The van der Waals surface area contributed by atoms with Crippen LogP contribution in [-0.4, -0.2) is 25.8 Å². The average molecular weight is 154 g/mol. The van der Waals surface area contributed by atoms with E-state index in [9.17, 15) is 0 Å². The Balaban J connectivity index is 2.25. The largest absolute Gasteiger partial charge is 0.381 e. The predicted molar refractivity (Wildman–Crippen MR) is 42.0 cm³/mol. The number of nitrogens with one attached hydrogen (secondary N) is 1. The fourth-order valence-electron chi connectivity index (χ4n) is 1.36. The first-order chi connectivity index (χ1) is 5.34. The van der Waals surface area contributed by atoms with Crippen molar-refractivity contribution in [3.63, 3.8) is 0 Å². The second-order valence-electron chi connectivity index (χ2n) is 2.99. The Bertz CT molecular complexity index is 153. The van der Waals surface area contributed by atoms with Crippen LogP contribution in [0, 0.1) is 17.2 Å². The molecule has 0 bridgehead atoms. The highest BCUT2D eigenvalue weighted by molar-refractivity contribution is 4.82. The van der Waals surface area contributed by atoms with Gasteiger partial charge < -0.3 is 10.1 Å². The minimum absolute atomic E-state index is 0.453. The van der Waals surface area contributed by atoms with E-state index < -0.39 is 0 Å². The van der Waals surface area contributed by atoms with E-state index in [0.29, 0.717) is 18.5 Å². The smallest absolute Gasteiger partial charge is 0.0843 e. The lowest BCUT2D eigenvalue weighted by Crippen LogP contribution is -2.41. The molecule has 1 aliphatic heterocycles. The molecule has 2 unspecified atom stereocenters. The molecule has 2 atom stereocenters. The highest BCUT2D eigenvalue weighted by atomic mass is 16.5. The second kappa shape index (κ2) is 4.32. The third-order valence-electron chi connectivity index (χ3n) is 2.08. The highest BCUT2D eigenvalue weighted by Gasteiger charge is 2.20. The molecule has 11 heavy (non-hydrogen) atoms. The van der Waals surface area contributed by atoms with Gasteiger partial charge in [0.05, 0.1) is 19.2 Å². The van der Waals surface area contributed by atoms with Crippen LogP contribution >= 0.6 is 0 Å². The van der Waals surface area contributed by atoms with Crippen LogP contribution in [0.4, 0.5) is 0 Å². The van der Waals surface area contributed by atoms with Gasteiger partial charge in [0.25, 0.3) is 0 Å². The van der Waals surface area contributed by atoms with Gasteiger partial charge in [-0.3, -0.25) is 0 Å². The molecule has 1 rings (SSSR count). The molecule has 0 spiro atoms. The van der Waals surface area contributed by atoms with Gasteiger partial charge in [0.1, 0.15) is 0 Å². The third kappa shape index (κ3) is 2.49. The van der Waals surface area contributed by atoms with E-state index >= 15 is 0 Å². The van der Waals surface area contributed by atoms with Crippen molar-refractivity contribution in [2.45, 2.75) is 19.4 Å². The summed E-state index contributed by atoms with van der Waals surface area (Å²) in [7, 11) is 0. The number of ether oxygens (including phenoxy) is 1. The summed E-state index contributed by atoms with van der Waals surface area (Å²) < 4.78 is 5.27. The summed E-state index contributed by atoms with van der Waals surface area (Å²) >= 11 is 0. The second-order valence-corrected chi connectivity index (χ2v) is 2.99. The van der Waals surface area contributed by atoms with Gasteiger partial charge in [0.2, 0.25) is 0 Å². The van der Waals surface area contributed by atoms with E-state index in [1.54, 1.807) is 0 Å². The Hall–Kier alpha value is -0.590. The quantitative estimate of drug-likeness (QED) is 0.590. The topological polar surface area (TPSA) is 45.0 Å². The molecule has 0 amide bonds. The van der Waals surface area contributed by atoms with Gasteiger partial charge in [-0.05, 0) is 12.3 Å². The van der Waals surface area contributed by atoms with Gasteiger partial charge in [0.15, 0.2) is 0 Å². The molecular formula is C8H14N2O. The van der Waals surface area contributed by atoms with E-state index in [1.165, 1.54) is 0 Å². The Morgan fingerprint density at radius 2 is 2.55 bits per heavy atom. The van der Waals surface area contributed by atoms with E-state index in [4.69, 9.17) is 10.00 Å². The van der Waals surface area contributed by atoms with Crippen molar-refractivity contribution in [1.29, 1.82) is 5.26 Å². The summed E-state index contributed by atoms with van der Waals surface area (Å²) in [5.41, 5.74) is 0. The molecule has 0 aliphatic carbocycles. The van der Waals surface area contributed by atoms with Crippen LogP contribution < -0.4 is 5.32 Å². The molecule has 62 valence electrons. The van der Waals surface area contributed by atoms with Gasteiger partial charge in [-0.25, -0.2) is 0 Å². The lowest BCUT2D eigenvalue weighted by Gasteiger charge is -2.28. The zero-order chi connectivity index (χ0) is 8.10. The van der Waals surface area contributed by atoms with Crippen molar-refractivity contribution in [2.24, 2.45) is 5.92 Å². The maximum Gasteiger partial charge on any atom is 0.0843 e. The molecule has 3 nitrogen and oxygen atoms in total. The van der Waals surface area contributed by atoms with Crippen molar-refractivity contribution in [2.75, 3.05) is 19.8 Å². The van der Waals surface area contributed by atoms with Crippen LogP contribution in [0.2, 0.25) is 0 Å². The van der Waals surface area contributed by atoms with Crippen LogP contribution in [0.1, 0.15) is 13.3 Å². The van der Waals surface area contributed by atoms with Crippen molar-refractivity contribution in [3.8, 4) is 6.07 Å². The van der Waals surface area contributed by atoms with Crippen LogP contribution in [0.3, 0.4) is 0 Å². The molecule has 0 saturated carbocycles. The Morgan fingerprint density at radius 3 is 3.18 bits per heavy atom. The molecule has 0 radical (unpaired) electrons. The summed E-state index contributed by atoms with van der Waals surface area (Å²) in [6, 6.07) is 2.56. The molecule has 1 aliphatic rings. The van der Waals surface area contributed by atoms with Crippen LogP contribution in [0.5, 0.6) is 0 Å². The SMILES string of the molecule is CC1COCCC1NCC#N. The normalized spacial score (nSPS) is 31.3. The van der Waals surface area contributed by atoms with Crippen LogP contribution in [0.25, 0.3) is 0 Å². The van der Waals surface area contributed by atoms with E-state index in [2.05, 4.69) is 18.3 Å². The first-order valence-electron chi connectivity index (χ1n) is 4.02. The van der Waals surface area contributed by atoms with Crippen LogP contribution in [0.15, 0.2) is 0 Å². The Labute approximate surface area is 67.3 Å². The summed E-state index contributed by atoms with van der Waals surface area (Å²) in [4.78, 5) is 0. The first-order valence-corrected chi connectivity index (χ1v) is 4.02. The number of hydrogen-bond donors (Lipinski definition) is 1. The Morgan fingerprint density at radius 1 is 1.73 bits per heavy atom. The number of nitriles is 1. The Kier molecular flexibility index (Phi) is 3.34. The molecule has 1 saturated heterocycles. The molecule has 1 N–H and O–H groups in total. The van der Waals surface area contributed by atoms with Gasteiger partial charge in [-0.1, -0.05) is 6.92 Å². The molecule has 0 aromatic carbocycles. The number of rotatable bonds is 2. The van der Waals surface area contributed by atoms with E-state index in [-0.39, 0.29) is 0 Å². The van der Waals surface area contributed by atoms with Gasteiger partial charge in [0, 0.05) is 12.6 Å². The summed E-state index contributed by atoms with van der Waals surface area (Å²) in [5, 5.41) is 11.5. The summed E-state index contributed by atoms with van der Waals surface area (Å²) in [5.74, 6) is 0.539. The van der Waals surface area contributed by atoms with E-state index in [0.717, 1.165) is 19.6 Å². The first kappa shape index (κ1) is 8.51. The zero-order valence-electron chi connectivity index (χ0n) is 6.84. The van der Waals surface area contributed by atoms with Crippen molar-refractivity contribution >= 4 is 0 Å². The molecule has 1 heterocycles. The highest BCUT2D eigenvalue weighted by Crippen LogP contribution is 2.12. The monoisotopic (exact) mass is 154 g/mol. The maximum atomic E-state index is 8.34. The predicted octanol–water partition coefficient (Wildman–Crippen LogP) is 0.525.